The highest BCUT2D eigenvalue weighted by Gasteiger charge is 2.30. The third kappa shape index (κ3) is 5.04. The highest BCUT2D eigenvalue weighted by Crippen LogP contribution is 2.30. The van der Waals surface area contributed by atoms with Crippen molar-refractivity contribution in [1.29, 1.82) is 0 Å². The molecule has 178 valence electrons. The average molecular weight is 469 g/mol. The van der Waals surface area contributed by atoms with Gasteiger partial charge in [-0.3, -0.25) is 14.4 Å². The maximum Gasteiger partial charge on any atom is 0.303 e. The Bertz CT molecular complexity index is 1120. The Morgan fingerprint density at radius 2 is 2.06 bits per heavy atom. The van der Waals surface area contributed by atoms with Crippen LogP contribution in [0.5, 0.6) is 0 Å². The van der Waals surface area contributed by atoms with Gasteiger partial charge in [-0.05, 0) is 30.3 Å². The van der Waals surface area contributed by atoms with Gasteiger partial charge in [0.15, 0.2) is 6.61 Å². The number of hydrazone groups is 1. The second-order valence-electron chi connectivity index (χ2n) is 8.05. The maximum absolute atomic E-state index is 14.9. The van der Waals surface area contributed by atoms with Crippen LogP contribution in [0.4, 0.5) is 15.9 Å². The molecule has 10 nitrogen and oxygen atoms in total. The van der Waals surface area contributed by atoms with Crippen molar-refractivity contribution in [3.8, 4) is 11.1 Å². The molecule has 34 heavy (non-hydrogen) atoms. The fourth-order valence-electron chi connectivity index (χ4n) is 3.82. The molecule has 0 radical (unpaired) electrons. The van der Waals surface area contributed by atoms with Gasteiger partial charge in [-0.15, -0.1) is 0 Å². The van der Waals surface area contributed by atoms with E-state index >= 15 is 0 Å². The molecular formula is C23H24FN5O5. The number of aliphatic hydroxyl groups excluding tert-OH is 1. The molecule has 0 aliphatic carbocycles. The lowest BCUT2D eigenvalue weighted by Crippen LogP contribution is -2.42. The van der Waals surface area contributed by atoms with Gasteiger partial charge < -0.3 is 19.6 Å². The normalized spacial score (nSPS) is 17.9. The largest absolute Gasteiger partial charge is 0.456 e. The summed E-state index contributed by atoms with van der Waals surface area (Å²) in [6.07, 6.45) is 3.25. The van der Waals surface area contributed by atoms with Crippen molar-refractivity contribution in [1.82, 2.24) is 9.99 Å². The fourth-order valence-corrected chi connectivity index (χ4v) is 3.82. The van der Waals surface area contributed by atoms with Crippen LogP contribution in [0.3, 0.4) is 0 Å². The number of rotatable bonds is 6. The number of aromatic nitrogens is 1. The van der Waals surface area contributed by atoms with Crippen molar-refractivity contribution in [3.63, 3.8) is 0 Å². The van der Waals surface area contributed by atoms with E-state index < -0.39 is 17.7 Å². The molecule has 1 N–H and O–H groups in total. The molecule has 0 saturated carbocycles. The van der Waals surface area contributed by atoms with Crippen molar-refractivity contribution in [2.75, 3.05) is 42.6 Å². The molecule has 1 fully saturated rings. The molecule has 2 aliphatic heterocycles. The van der Waals surface area contributed by atoms with Crippen molar-refractivity contribution in [2.24, 2.45) is 11.0 Å². The van der Waals surface area contributed by atoms with Gasteiger partial charge in [0.1, 0.15) is 18.0 Å². The van der Waals surface area contributed by atoms with Crippen molar-refractivity contribution in [3.05, 3.63) is 42.3 Å². The molecule has 4 rings (SSSR count). The Hall–Kier alpha value is -3.86. The van der Waals surface area contributed by atoms with Crippen LogP contribution in [0.1, 0.15) is 13.3 Å². The second kappa shape index (κ2) is 9.96. The number of benzene rings is 1. The van der Waals surface area contributed by atoms with Gasteiger partial charge >= 0.3 is 5.97 Å². The first-order chi connectivity index (χ1) is 16.4. The molecule has 1 saturated heterocycles. The molecule has 0 spiro atoms. The number of aliphatic hydroxyl groups is 1. The zero-order valence-electron chi connectivity index (χ0n) is 18.6. The van der Waals surface area contributed by atoms with Crippen molar-refractivity contribution < 1.29 is 28.6 Å². The second-order valence-corrected chi connectivity index (χ2v) is 8.05. The Labute approximate surface area is 195 Å². The van der Waals surface area contributed by atoms with Gasteiger partial charge in [0.05, 0.1) is 6.54 Å². The summed E-state index contributed by atoms with van der Waals surface area (Å²) in [6.45, 7) is 1.88. The first-order valence-corrected chi connectivity index (χ1v) is 10.8. The van der Waals surface area contributed by atoms with E-state index in [1.54, 1.807) is 35.4 Å². The van der Waals surface area contributed by atoms with Crippen molar-refractivity contribution >= 4 is 35.6 Å². The lowest BCUT2D eigenvalue weighted by molar-refractivity contribution is -0.150. The maximum atomic E-state index is 14.9. The van der Waals surface area contributed by atoms with Gasteiger partial charge in [0, 0.05) is 62.0 Å². The number of pyridine rings is 1. The van der Waals surface area contributed by atoms with Gasteiger partial charge in [-0.2, -0.15) is 5.10 Å². The summed E-state index contributed by atoms with van der Waals surface area (Å²) in [5, 5.41) is 14.6. The van der Waals surface area contributed by atoms with E-state index in [1.807, 2.05) is 0 Å². The number of hydrogen-bond acceptors (Lipinski definition) is 8. The third-order valence-electron chi connectivity index (χ3n) is 5.65. The SMILES string of the molecule is CC(=O)OCC(=O)N1CCN(c2ccc(-c3ccc(N4C[C@H](CO)CC4=O)cc3F)cn2)C=N1. The summed E-state index contributed by atoms with van der Waals surface area (Å²) >= 11 is 0. The van der Waals surface area contributed by atoms with E-state index in [1.165, 1.54) is 29.2 Å². The molecule has 3 heterocycles. The van der Waals surface area contributed by atoms with Crippen LogP contribution in [0.25, 0.3) is 11.1 Å². The summed E-state index contributed by atoms with van der Waals surface area (Å²) in [4.78, 5) is 42.6. The average Bonchev–Trinajstić information content (AvgIpc) is 3.23. The van der Waals surface area contributed by atoms with Gasteiger partial charge in [0.2, 0.25) is 5.91 Å². The number of carbonyl (C=O) groups is 3. The Kier molecular flexibility index (Phi) is 6.82. The molecule has 1 aromatic carbocycles. The minimum atomic E-state index is -0.536. The van der Waals surface area contributed by atoms with E-state index in [0.29, 0.717) is 42.3 Å². The Balaban J connectivity index is 1.42. The molecule has 2 aliphatic rings. The highest BCUT2D eigenvalue weighted by atomic mass is 19.1. The standard InChI is InChI=1S/C23H24FN5O5/c1-15(31)34-13-23(33)29-7-6-27(14-26-29)21-5-2-17(10-25-21)19-4-3-18(9-20(19)24)28-11-16(12-30)8-22(28)32/h2-5,9-10,14,16,30H,6-8,11-13H2,1H3/t16-/m1/s1. The van der Waals surface area contributed by atoms with Gasteiger partial charge in [0.25, 0.3) is 5.91 Å². The van der Waals surface area contributed by atoms with Crippen LogP contribution >= 0.6 is 0 Å². The minimum absolute atomic E-state index is 0.0782. The predicted molar refractivity (Wildman–Crippen MR) is 121 cm³/mol. The zero-order valence-corrected chi connectivity index (χ0v) is 18.6. The number of amides is 2. The molecule has 1 aromatic heterocycles. The third-order valence-corrected chi connectivity index (χ3v) is 5.65. The number of anilines is 2. The molecular weight excluding hydrogens is 445 g/mol. The number of ether oxygens (including phenoxy) is 1. The molecule has 1 atom stereocenters. The van der Waals surface area contributed by atoms with E-state index in [0.717, 1.165) is 0 Å². The molecule has 2 amide bonds. The minimum Gasteiger partial charge on any atom is -0.456 e. The van der Waals surface area contributed by atoms with Crippen LogP contribution in [0, 0.1) is 11.7 Å². The summed E-state index contributed by atoms with van der Waals surface area (Å²) in [7, 11) is 0. The predicted octanol–water partition coefficient (Wildman–Crippen LogP) is 1.39. The molecule has 0 unspecified atom stereocenters. The first-order valence-electron chi connectivity index (χ1n) is 10.8. The summed E-state index contributed by atoms with van der Waals surface area (Å²) in [5.41, 5.74) is 1.38. The van der Waals surface area contributed by atoms with E-state index in [-0.39, 0.29) is 31.5 Å². The Morgan fingerprint density at radius 1 is 1.24 bits per heavy atom. The topological polar surface area (TPSA) is 116 Å². The highest BCUT2D eigenvalue weighted by molar-refractivity contribution is 5.96. The van der Waals surface area contributed by atoms with Gasteiger partial charge in [-0.25, -0.2) is 14.4 Å². The summed E-state index contributed by atoms with van der Waals surface area (Å²) < 4.78 is 19.6. The Morgan fingerprint density at radius 3 is 2.65 bits per heavy atom. The summed E-state index contributed by atoms with van der Waals surface area (Å²) in [5.74, 6) is -1.12. The first kappa shape index (κ1) is 23.3. The number of esters is 1. The van der Waals surface area contributed by atoms with Crippen LogP contribution < -0.4 is 9.80 Å². The van der Waals surface area contributed by atoms with Gasteiger partial charge in [-0.1, -0.05) is 0 Å². The smallest absolute Gasteiger partial charge is 0.303 e. The molecule has 11 heteroatoms. The van der Waals surface area contributed by atoms with E-state index in [9.17, 15) is 23.9 Å². The number of hydrogen-bond donors (Lipinski definition) is 1. The summed E-state index contributed by atoms with van der Waals surface area (Å²) in [6, 6.07) is 8.06. The lowest BCUT2D eigenvalue weighted by Gasteiger charge is -2.27. The van der Waals surface area contributed by atoms with Crippen LogP contribution in [-0.2, 0) is 19.1 Å². The fraction of sp³-hybridized carbons (Fsp3) is 0.348. The van der Waals surface area contributed by atoms with Crippen molar-refractivity contribution in [2.45, 2.75) is 13.3 Å². The van der Waals surface area contributed by atoms with E-state index in [2.05, 4.69) is 10.1 Å². The number of nitrogens with zero attached hydrogens (tertiary/aromatic N) is 5. The van der Waals surface area contributed by atoms with E-state index in [4.69, 9.17) is 4.74 Å². The van der Waals surface area contributed by atoms with Crippen LogP contribution in [0.15, 0.2) is 41.6 Å². The lowest BCUT2D eigenvalue weighted by atomic mass is 10.1. The number of carbonyl (C=O) groups excluding carboxylic acids is 3. The van der Waals surface area contributed by atoms with Crippen LogP contribution in [0.2, 0.25) is 0 Å². The van der Waals surface area contributed by atoms with Crippen LogP contribution in [-0.4, -0.2) is 72.1 Å². The zero-order chi connectivity index (χ0) is 24.2. The number of halogens is 1. The quantitative estimate of drug-likeness (QED) is 0.636. The molecule has 2 aromatic rings. The monoisotopic (exact) mass is 469 g/mol. The molecule has 0 bridgehead atoms.